The van der Waals surface area contributed by atoms with Gasteiger partial charge in [0.2, 0.25) is 0 Å². The van der Waals surface area contributed by atoms with Gasteiger partial charge in [0, 0.05) is 18.5 Å². The SMILES string of the molecule is COC(=O)CNCCNC(=O)c1cc2c(C)nn(C3CCCCC3)c2s1. The molecule has 0 bridgehead atoms. The number of ether oxygens (including phenoxy) is 1. The number of nitrogens with zero attached hydrogens (tertiary/aromatic N) is 2. The van der Waals surface area contributed by atoms with Crippen molar-refractivity contribution in [2.75, 3.05) is 26.7 Å². The summed E-state index contributed by atoms with van der Waals surface area (Å²) in [5, 5.41) is 11.6. The predicted octanol–water partition coefficient (Wildman–Crippen LogP) is 2.40. The number of methoxy groups -OCH3 is 1. The Bertz CT molecular complexity index is 777. The number of aromatic nitrogens is 2. The van der Waals surface area contributed by atoms with E-state index < -0.39 is 0 Å². The number of amides is 1. The molecular formula is C18H26N4O3S. The molecule has 1 amide bonds. The molecule has 0 radical (unpaired) electrons. The van der Waals surface area contributed by atoms with Gasteiger partial charge in [0.25, 0.3) is 5.91 Å². The van der Waals surface area contributed by atoms with Crippen molar-refractivity contribution in [1.29, 1.82) is 0 Å². The van der Waals surface area contributed by atoms with Crippen LogP contribution in [0.3, 0.4) is 0 Å². The van der Waals surface area contributed by atoms with E-state index in [2.05, 4.69) is 20.1 Å². The van der Waals surface area contributed by atoms with Gasteiger partial charge in [-0.15, -0.1) is 11.3 Å². The van der Waals surface area contributed by atoms with Crippen molar-refractivity contribution in [3.8, 4) is 0 Å². The number of thiophene rings is 1. The lowest BCUT2D eigenvalue weighted by Crippen LogP contribution is -2.34. The molecule has 0 aromatic carbocycles. The third-order valence-corrected chi connectivity index (χ3v) is 5.92. The Morgan fingerprint density at radius 3 is 2.81 bits per heavy atom. The summed E-state index contributed by atoms with van der Waals surface area (Å²) in [5.74, 6) is -0.399. The minimum atomic E-state index is -0.316. The second-order valence-corrected chi connectivity index (χ2v) is 7.69. The van der Waals surface area contributed by atoms with Crippen LogP contribution in [0, 0.1) is 6.92 Å². The average Bonchev–Trinajstić information content (AvgIpc) is 3.22. The highest BCUT2D eigenvalue weighted by atomic mass is 32.1. The summed E-state index contributed by atoms with van der Waals surface area (Å²) in [6.07, 6.45) is 6.15. The first kappa shape index (κ1) is 18.8. The van der Waals surface area contributed by atoms with Gasteiger partial charge in [0.05, 0.1) is 30.3 Å². The maximum absolute atomic E-state index is 12.4. The van der Waals surface area contributed by atoms with Gasteiger partial charge in [-0.05, 0) is 25.8 Å². The van der Waals surface area contributed by atoms with E-state index in [1.165, 1.54) is 50.6 Å². The minimum absolute atomic E-state index is 0.0827. The molecule has 1 aliphatic carbocycles. The van der Waals surface area contributed by atoms with Crippen LogP contribution in [0.2, 0.25) is 0 Å². The minimum Gasteiger partial charge on any atom is -0.468 e. The lowest BCUT2D eigenvalue weighted by atomic mass is 9.96. The van der Waals surface area contributed by atoms with Gasteiger partial charge in [0.1, 0.15) is 4.83 Å². The molecule has 142 valence electrons. The lowest BCUT2D eigenvalue weighted by molar-refractivity contribution is -0.139. The van der Waals surface area contributed by atoms with Crippen LogP contribution in [0.25, 0.3) is 10.2 Å². The number of carbonyl (C=O) groups excluding carboxylic acids is 2. The standard InChI is InChI=1S/C18H26N4O3S/c1-12-14-10-15(17(24)20-9-8-19-11-16(23)25-2)26-18(14)22(21-12)13-6-4-3-5-7-13/h10,13,19H,3-9,11H2,1-2H3,(H,20,24). The third-order valence-electron chi connectivity index (χ3n) is 4.80. The molecule has 0 atom stereocenters. The fourth-order valence-electron chi connectivity index (χ4n) is 3.37. The van der Waals surface area contributed by atoms with Crippen LogP contribution in [-0.4, -0.2) is 48.4 Å². The highest BCUT2D eigenvalue weighted by Gasteiger charge is 2.22. The first-order valence-electron chi connectivity index (χ1n) is 9.14. The molecule has 3 rings (SSSR count). The number of hydrogen-bond donors (Lipinski definition) is 2. The smallest absolute Gasteiger partial charge is 0.319 e. The van der Waals surface area contributed by atoms with Crippen LogP contribution in [0.1, 0.15) is 53.5 Å². The normalized spacial score (nSPS) is 15.3. The van der Waals surface area contributed by atoms with E-state index in [9.17, 15) is 9.59 Å². The Hall–Kier alpha value is -1.93. The van der Waals surface area contributed by atoms with Gasteiger partial charge in [-0.2, -0.15) is 5.10 Å². The van der Waals surface area contributed by atoms with Crippen molar-refractivity contribution in [2.24, 2.45) is 0 Å². The van der Waals surface area contributed by atoms with Crippen molar-refractivity contribution in [3.05, 3.63) is 16.6 Å². The predicted molar refractivity (Wildman–Crippen MR) is 102 cm³/mol. The zero-order chi connectivity index (χ0) is 18.5. The topological polar surface area (TPSA) is 85.2 Å². The third kappa shape index (κ3) is 4.24. The Balaban J connectivity index is 1.61. The van der Waals surface area contributed by atoms with E-state index in [0.29, 0.717) is 24.0 Å². The first-order valence-corrected chi connectivity index (χ1v) is 9.96. The van der Waals surface area contributed by atoms with E-state index in [0.717, 1.165) is 15.9 Å². The second-order valence-electron chi connectivity index (χ2n) is 6.66. The van der Waals surface area contributed by atoms with E-state index >= 15 is 0 Å². The molecule has 1 saturated carbocycles. The monoisotopic (exact) mass is 378 g/mol. The number of esters is 1. The maximum Gasteiger partial charge on any atom is 0.319 e. The number of aryl methyl sites for hydroxylation is 1. The molecule has 2 heterocycles. The number of hydrogen-bond acceptors (Lipinski definition) is 6. The van der Waals surface area contributed by atoms with Gasteiger partial charge in [0.15, 0.2) is 0 Å². The molecule has 26 heavy (non-hydrogen) atoms. The van der Waals surface area contributed by atoms with Crippen molar-refractivity contribution >= 4 is 33.4 Å². The summed E-state index contributed by atoms with van der Waals surface area (Å²) in [6.45, 7) is 3.12. The van der Waals surface area contributed by atoms with Crippen LogP contribution >= 0.6 is 11.3 Å². The van der Waals surface area contributed by atoms with Gasteiger partial charge < -0.3 is 15.4 Å². The van der Waals surface area contributed by atoms with Crippen molar-refractivity contribution in [1.82, 2.24) is 20.4 Å². The lowest BCUT2D eigenvalue weighted by Gasteiger charge is -2.22. The molecule has 8 heteroatoms. The number of carbonyl (C=O) groups is 2. The Kier molecular flexibility index (Phi) is 6.26. The van der Waals surface area contributed by atoms with Gasteiger partial charge in [-0.25, -0.2) is 0 Å². The summed E-state index contributed by atoms with van der Waals surface area (Å²) < 4.78 is 6.69. The number of fused-ring (bicyclic) bond motifs is 1. The van der Waals surface area contributed by atoms with E-state index in [-0.39, 0.29) is 18.4 Å². The van der Waals surface area contributed by atoms with Crippen LogP contribution in [-0.2, 0) is 9.53 Å². The molecule has 0 unspecified atom stereocenters. The van der Waals surface area contributed by atoms with Crippen molar-refractivity contribution in [3.63, 3.8) is 0 Å². The molecule has 2 N–H and O–H groups in total. The summed E-state index contributed by atoms with van der Waals surface area (Å²) in [7, 11) is 1.35. The van der Waals surface area contributed by atoms with Gasteiger partial charge >= 0.3 is 5.97 Å². The largest absolute Gasteiger partial charge is 0.468 e. The highest BCUT2D eigenvalue weighted by Crippen LogP contribution is 2.35. The molecular weight excluding hydrogens is 352 g/mol. The maximum atomic E-state index is 12.4. The average molecular weight is 378 g/mol. The molecule has 2 aromatic rings. The van der Waals surface area contributed by atoms with E-state index in [4.69, 9.17) is 5.10 Å². The molecule has 0 aliphatic heterocycles. The molecule has 0 spiro atoms. The van der Waals surface area contributed by atoms with E-state index in [1.807, 2.05) is 13.0 Å². The zero-order valence-electron chi connectivity index (χ0n) is 15.3. The molecule has 2 aromatic heterocycles. The van der Waals surface area contributed by atoms with Crippen LogP contribution in [0.15, 0.2) is 6.07 Å². The molecule has 1 aliphatic rings. The van der Waals surface area contributed by atoms with E-state index in [1.54, 1.807) is 0 Å². The number of nitrogens with one attached hydrogen (secondary N) is 2. The fourth-order valence-corrected chi connectivity index (χ4v) is 4.52. The summed E-state index contributed by atoms with van der Waals surface area (Å²) in [4.78, 5) is 25.2. The van der Waals surface area contributed by atoms with Crippen LogP contribution < -0.4 is 10.6 Å². The van der Waals surface area contributed by atoms with Gasteiger partial charge in [-0.1, -0.05) is 19.3 Å². The summed E-state index contributed by atoms with van der Waals surface area (Å²) in [5.41, 5.74) is 0.987. The van der Waals surface area contributed by atoms with Crippen molar-refractivity contribution < 1.29 is 14.3 Å². The van der Waals surface area contributed by atoms with Crippen LogP contribution in [0.4, 0.5) is 0 Å². The number of rotatable bonds is 7. The summed E-state index contributed by atoms with van der Waals surface area (Å²) in [6, 6.07) is 2.40. The van der Waals surface area contributed by atoms with Crippen LogP contribution in [0.5, 0.6) is 0 Å². The molecule has 7 nitrogen and oxygen atoms in total. The Labute approximate surface area is 157 Å². The van der Waals surface area contributed by atoms with Crippen molar-refractivity contribution in [2.45, 2.75) is 45.1 Å². The highest BCUT2D eigenvalue weighted by molar-refractivity contribution is 7.20. The fraction of sp³-hybridized carbons (Fsp3) is 0.611. The van der Waals surface area contributed by atoms with Gasteiger partial charge in [-0.3, -0.25) is 14.3 Å². The second kappa shape index (κ2) is 8.64. The zero-order valence-corrected chi connectivity index (χ0v) is 16.2. The summed E-state index contributed by atoms with van der Waals surface area (Å²) >= 11 is 1.51. The Morgan fingerprint density at radius 2 is 2.08 bits per heavy atom. The molecule has 1 fully saturated rings. The molecule has 0 saturated heterocycles. The first-order chi connectivity index (χ1) is 12.6. The quantitative estimate of drug-likeness (QED) is 0.571. The Morgan fingerprint density at radius 1 is 1.31 bits per heavy atom.